The second-order valence-corrected chi connectivity index (χ2v) is 12.9. The van der Waals surface area contributed by atoms with Gasteiger partial charge in [0.15, 0.2) is 0 Å². The van der Waals surface area contributed by atoms with Gasteiger partial charge in [0.1, 0.15) is 0 Å². The van der Waals surface area contributed by atoms with Crippen LogP contribution in [0.15, 0.2) is 83.8 Å². The molecule has 0 bridgehead atoms. The van der Waals surface area contributed by atoms with Crippen molar-refractivity contribution in [1.29, 1.82) is 0 Å². The lowest BCUT2D eigenvalue weighted by molar-refractivity contribution is 0.0175. The van der Waals surface area contributed by atoms with Crippen LogP contribution in [0.3, 0.4) is 0 Å². The number of hydrogen-bond acceptors (Lipinski definition) is 2. The number of halogens is 2. The highest BCUT2D eigenvalue weighted by Crippen LogP contribution is 2.49. The van der Waals surface area contributed by atoms with Crippen molar-refractivity contribution >= 4 is 22.6 Å². The molecule has 1 unspecified atom stereocenters. The standard InChI is InChI=1S/C36H43F2NS/c1-7-25(3)18-22-39-31(8-2)32-15-16-33(40-32)36(19-9-10-20-36)21-17-28-23-26(4)34(27(5)24-28)29-11-13-30(14-12-29)35(6,37)38/h11-16,23,27,39H,1-2,9-10,17-22,24H2,3-6H3. The summed E-state index contributed by atoms with van der Waals surface area (Å²) in [5.41, 5.74) is 13.6. The van der Waals surface area contributed by atoms with E-state index in [1.807, 2.05) is 30.4 Å². The van der Waals surface area contributed by atoms with Crippen LogP contribution in [0.5, 0.6) is 0 Å². The maximum absolute atomic E-state index is 13.7. The van der Waals surface area contributed by atoms with Gasteiger partial charge in [-0.25, -0.2) is 8.78 Å². The zero-order valence-electron chi connectivity index (χ0n) is 24.6. The molecule has 2 aromatic rings. The molecule has 2 aliphatic rings. The van der Waals surface area contributed by atoms with Crippen molar-refractivity contribution in [2.45, 2.75) is 90.4 Å². The summed E-state index contributed by atoms with van der Waals surface area (Å²) in [5.74, 6) is -2.44. The van der Waals surface area contributed by atoms with E-state index < -0.39 is 5.92 Å². The van der Waals surface area contributed by atoms with E-state index in [9.17, 15) is 8.78 Å². The highest BCUT2D eigenvalue weighted by molar-refractivity contribution is 7.13. The van der Waals surface area contributed by atoms with E-state index in [2.05, 4.69) is 62.0 Å². The minimum atomic E-state index is -2.81. The van der Waals surface area contributed by atoms with Gasteiger partial charge in [-0.2, -0.15) is 0 Å². The lowest BCUT2D eigenvalue weighted by Gasteiger charge is -2.31. The summed E-state index contributed by atoms with van der Waals surface area (Å²) in [6, 6.07) is 11.4. The zero-order chi connectivity index (χ0) is 28.9. The molecule has 1 N–H and O–H groups in total. The van der Waals surface area contributed by atoms with Gasteiger partial charge in [0, 0.05) is 29.3 Å². The lowest BCUT2D eigenvalue weighted by atomic mass is 9.75. The maximum Gasteiger partial charge on any atom is 0.270 e. The summed E-state index contributed by atoms with van der Waals surface area (Å²) < 4.78 is 27.4. The van der Waals surface area contributed by atoms with Gasteiger partial charge >= 0.3 is 0 Å². The molecule has 0 amide bonds. The molecule has 1 saturated carbocycles. The van der Waals surface area contributed by atoms with Gasteiger partial charge in [-0.05, 0) is 92.7 Å². The fourth-order valence-corrected chi connectivity index (χ4v) is 7.76. The Kier molecular flexibility index (Phi) is 9.57. The Balaban J connectivity index is 1.48. The minimum absolute atomic E-state index is 0.0687. The Morgan fingerprint density at radius 3 is 2.40 bits per heavy atom. The molecule has 0 spiro atoms. The van der Waals surface area contributed by atoms with Crippen LogP contribution in [-0.4, -0.2) is 6.54 Å². The first-order chi connectivity index (χ1) is 19.1. The SMILES string of the molecule is C=C=C(C)CCNC(=C=C)c1ccc(C2(CCC3=CC(C)=C(c4ccc(C(C)(F)F)cc4)C(C)C3)CCCC2)s1. The number of rotatable bonds is 11. The summed E-state index contributed by atoms with van der Waals surface area (Å²) in [5, 5.41) is 3.50. The van der Waals surface area contributed by atoms with Gasteiger partial charge in [0.2, 0.25) is 0 Å². The highest BCUT2D eigenvalue weighted by atomic mass is 32.1. The second-order valence-electron chi connectivity index (χ2n) is 11.8. The molecule has 1 aromatic heterocycles. The first-order valence-electron chi connectivity index (χ1n) is 14.6. The normalized spacial score (nSPS) is 18.6. The van der Waals surface area contributed by atoms with Crippen LogP contribution in [0.4, 0.5) is 8.78 Å². The lowest BCUT2D eigenvalue weighted by Crippen LogP contribution is -2.21. The Morgan fingerprint density at radius 2 is 1.80 bits per heavy atom. The number of hydrogen-bond donors (Lipinski definition) is 1. The van der Waals surface area contributed by atoms with Gasteiger partial charge < -0.3 is 5.32 Å². The maximum atomic E-state index is 13.7. The smallest absolute Gasteiger partial charge is 0.270 e. The molecule has 1 nitrogen and oxygen atoms in total. The van der Waals surface area contributed by atoms with Crippen molar-refractivity contribution in [2.75, 3.05) is 6.54 Å². The summed E-state index contributed by atoms with van der Waals surface area (Å²) in [6.45, 7) is 15.9. The van der Waals surface area contributed by atoms with E-state index in [-0.39, 0.29) is 11.0 Å². The number of allylic oxidation sites excluding steroid dienone is 4. The van der Waals surface area contributed by atoms with Crippen molar-refractivity contribution in [3.63, 3.8) is 0 Å². The Hall–Kier alpha value is -2.90. The van der Waals surface area contributed by atoms with E-state index >= 15 is 0 Å². The highest BCUT2D eigenvalue weighted by Gasteiger charge is 2.37. The fraction of sp³-hybridized carbons (Fsp3) is 0.444. The molecular formula is C36H43F2NS. The molecule has 0 radical (unpaired) electrons. The van der Waals surface area contributed by atoms with Gasteiger partial charge in [0.05, 0.1) is 10.6 Å². The van der Waals surface area contributed by atoms with E-state index in [4.69, 9.17) is 0 Å². The quantitative estimate of drug-likeness (QED) is 0.270. The molecule has 1 heterocycles. The van der Waals surface area contributed by atoms with Crippen LogP contribution >= 0.6 is 11.3 Å². The number of nitrogens with one attached hydrogen (secondary N) is 1. The van der Waals surface area contributed by atoms with Crippen molar-refractivity contribution in [3.8, 4) is 0 Å². The third-order valence-corrected chi connectivity index (χ3v) is 10.1. The molecule has 1 aromatic carbocycles. The second kappa shape index (κ2) is 12.7. The largest absolute Gasteiger partial charge is 0.377 e. The van der Waals surface area contributed by atoms with Crippen LogP contribution in [0.2, 0.25) is 0 Å². The van der Waals surface area contributed by atoms with Crippen molar-refractivity contribution in [3.05, 3.63) is 105 Å². The average molecular weight is 560 g/mol. The third kappa shape index (κ3) is 6.87. The predicted octanol–water partition coefficient (Wildman–Crippen LogP) is 10.7. The van der Waals surface area contributed by atoms with Crippen LogP contribution in [-0.2, 0) is 11.3 Å². The number of benzene rings is 1. The Bertz CT molecular complexity index is 1360. The van der Waals surface area contributed by atoms with Gasteiger partial charge in [0.25, 0.3) is 5.92 Å². The van der Waals surface area contributed by atoms with Gasteiger partial charge in [-0.3, -0.25) is 0 Å². The van der Waals surface area contributed by atoms with Crippen LogP contribution in [0, 0.1) is 5.92 Å². The van der Waals surface area contributed by atoms with Gasteiger partial charge in [-0.1, -0.05) is 68.8 Å². The topological polar surface area (TPSA) is 12.0 Å². The monoisotopic (exact) mass is 559 g/mol. The molecule has 40 heavy (non-hydrogen) atoms. The van der Waals surface area contributed by atoms with E-state index in [0.717, 1.165) is 56.0 Å². The first-order valence-corrected chi connectivity index (χ1v) is 15.4. The minimum Gasteiger partial charge on any atom is -0.377 e. The average Bonchev–Trinajstić information content (AvgIpc) is 3.60. The molecule has 4 heteroatoms. The van der Waals surface area contributed by atoms with E-state index in [0.29, 0.717) is 5.92 Å². The summed E-state index contributed by atoms with van der Waals surface area (Å²) in [4.78, 5) is 2.69. The fourth-order valence-electron chi connectivity index (χ4n) is 6.48. The summed E-state index contributed by atoms with van der Waals surface area (Å²) in [7, 11) is 0. The third-order valence-electron chi connectivity index (χ3n) is 8.75. The van der Waals surface area contributed by atoms with E-state index in [1.165, 1.54) is 52.2 Å². The van der Waals surface area contributed by atoms with Crippen LogP contribution in [0.1, 0.15) is 99.9 Å². The summed E-state index contributed by atoms with van der Waals surface area (Å²) in [6.07, 6.45) is 11.6. The Morgan fingerprint density at radius 1 is 1.10 bits per heavy atom. The van der Waals surface area contributed by atoms with E-state index in [1.54, 1.807) is 12.1 Å². The molecule has 4 rings (SSSR count). The van der Waals surface area contributed by atoms with Crippen LogP contribution in [0.25, 0.3) is 11.3 Å². The molecule has 1 atom stereocenters. The van der Waals surface area contributed by atoms with Crippen molar-refractivity contribution in [2.24, 2.45) is 5.92 Å². The zero-order valence-corrected chi connectivity index (χ0v) is 25.4. The summed E-state index contributed by atoms with van der Waals surface area (Å²) >= 11 is 1.90. The molecular weight excluding hydrogens is 516 g/mol. The van der Waals surface area contributed by atoms with Crippen molar-refractivity contribution in [1.82, 2.24) is 5.32 Å². The molecule has 0 saturated heterocycles. The number of thiophene rings is 1. The van der Waals surface area contributed by atoms with Crippen LogP contribution < -0.4 is 5.32 Å². The van der Waals surface area contributed by atoms with Crippen molar-refractivity contribution < 1.29 is 8.78 Å². The first kappa shape index (κ1) is 30.1. The molecule has 2 aliphatic carbocycles. The molecule has 1 fully saturated rings. The number of alkyl halides is 2. The predicted molar refractivity (Wildman–Crippen MR) is 168 cm³/mol. The Labute approximate surface area is 243 Å². The molecule has 0 aliphatic heterocycles. The van der Waals surface area contributed by atoms with Gasteiger partial charge in [-0.15, -0.1) is 22.8 Å². The molecule has 212 valence electrons.